The lowest BCUT2D eigenvalue weighted by Crippen LogP contribution is -2.41. The second-order valence-electron chi connectivity index (χ2n) is 9.28. The van der Waals surface area contributed by atoms with E-state index in [1.54, 1.807) is 16.0 Å². The summed E-state index contributed by atoms with van der Waals surface area (Å²) in [4.78, 5) is 21.3. The fourth-order valence-corrected chi connectivity index (χ4v) is 6.82. The maximum atomic E-state index is 11.6. The number of fused-ring (bicyclic) bond motifs is 2. The van der Waals surface area contributed by atoms with Crippen molar-refractivity contribution in [2.45, 2.75) is 31.7 Å². The molecule has 10 heteroatoms. The minimum Gasteiger partial charge on any atom is -0.465 e. The third-order valence-corrected chi connectivity index (χ3v) is 8.29. The zero-order chi connectivity index (χ0) is 24.1. The van der Waals surface area contributed by atoms with E-state index in [1.165, 1.54) is 21.0 Å². The van der Waals surface area contributed by atoms with Gasteiger partial charge in [-0.05, 0) is 49.1 Å². The molecule has 1 saturated heterocycles. The molecule has 6 rings (SSSR count). The van der Waals surface area contributed by atoms with Crippen LogP contribution >= 0.6 is 22.9 Å². The molecule has 1 aromatic carbocycles. The molecule has 3 aromatic heterocycles. The summed E-state index contributed by atoms with van der Waals surface area (Å²) in [5.41, 5.74) is 6.52. The molecular formula is C25H25ClN6O2S. The maximum Gasteiger partial charge on any atom is 0.407 e. The van der Waals surface area contributed by atoms with Gasteiger partial charge < -0.3 is 14.9 Å². The van der Waals surface area contributed by atoms with Gasteiger partial charge in [-0.25, -0.2) is 4.79 Å². The summed E-state index contributed by atoms with van der Waals surface area (Å²) in [5, 5.41) is 18.5. The van der Waals surface area contributed by atoms with E-state index < -0.39 is 6.09 Å². The van der Waals surface area contributed by atoms with Gasteiger partial charge in [0.05, 0.1) is 15.9 Å². The number of hydrogen-bond acceptors (Lipinski definition) is 6. The normalized spacial score (nSPS) is 17.8. The van der Waals surface area contributed by atoms with Crippen LogP contribution in [-0.2, 0) is 19.9 Å². The fraction of sp³-hybridized carbons (Fsp3) is 0.360. The van der Waals surface area contributed by atoms with Crippen molar-refractivity contribution in [2.75, 3.05) is 24.5 Å². The SMILES string of the molecule is Cn1cc(Cc2cc3nccc(-c4cc(Cl)cc5c4N(C4CCN(C(=O)O)C4)CCC5)c3s2)nn1. The van der Waals surface area contributed by atoms with Gasteiger partial charge in [0.1, 0.15) is 0 Å². The molecule has 0 spiro atoms. The summed E-state index contributed by atoms with van der Waals surface area (Å²) in [7, 11) is 1.87. The van der Waals surface area contributed by atoms with Crippen molar-refractivity contribution in [1.82, 2.24) is 24.9 Å². The molecule has 4 aromatic rings. The molecule has 5 heterocycles. The topological polar surface area (TPSA) is 87.4 Å². The number of benzene rings is 1. The van der Waals surface area contributed by atoms with E-state index in [4.69, 9.17) is 11.6 Å². The Kier molecular flexibility index (Phi) is 5.61. The minimum atomic E-state index is -0.842. The minimum absolute atomic E-state index is 0.165. The molecule has 0 saturated carbocycles. The van der Waals surface area contributed by atoms with E-state index in [-0.39, 0.29) is 6.04 Å². The Morgan fingerprint density at radius 2 is 2.14 bits per heavy atom. The van der Waals surface area contributed by atoms with E-state index >= 15 is 0 Å². The van der Waals surface area contributed by atoms with E-state index in [9.17, 15) is 9.90 Å². The number of nitrogens with zero attached hydrogens (tertiary/aromatic N) is 6. The van der Waals surface area contributed by atoms with Crippen LogP contribution in [0.15, 0.2) is 36.7 Å². The average Bonchev–Trinajstić information content (AvgIpc) is 3.57. The standard InChI is InChI=1S/C25H25ClN6O2S/c1-30-13-17(28-29-30)11-19-12-22-24(35-19)20(4-6-27-22)21-10-16(26)9-15-3-2-7-32(23(15)21)18-5-8-31(14-18)25(33)34/h4,6,9-10,12-13,18H,2-3,5,7-8,11,14H2,1H3,(H,33,34). The summed E-state index contributed by atoms with van der Waals surface area (Å²) >= 11 is 8.37. The number of halogens is 1. The van der Waals surface area contributed by atoms with Gasteiger partial charge in [-0.2, -0.15) is 0 Å². The van der Waals surface area contributed by atoms with Crippen LogP contribution in [0, 0.1) is 0 Å². The largest absolute Gasteiger partial charge is 0.465 e. The lowest BCUT2D eigenvalue weighted by atomic mass is 9.92. The zero-order valence-electron chi connectivity index (χ0n) is 19.3. The van der Waals surface area contributed by atoms with Crippen LogP contribution in [0.1, 0.15) is 29.0 Å². The van der Waals surface area contributed by atoms with Crippen molar-refractivity contribution < 1.29 is 9.90 Å². The molecule has 2 aliphatic heterocycles. The summed E-state index contributed by atoms with van der Waals surface area (Å²) < 4.78 is 2.84. The fourth-order valence-electron chi connectivity index (χ4n) is 5.42. The Balaban J connectivity index is 1.44. The molecule has 35 heavy (non-hydrogen) atoms. The van der Waals surface area contributed by atoms with Crippen LogP contribution in [0.5, 0.6) is 0 Å². The van der Waals surface area contributed by atoms with Gasteiger partial charge in [0, 0.05) is 78.3 Å². The number of thiophene rings is 1. The van der Waals surface area contributed by atoms with Crippen molar-refractivity contribution in [3.05, 3.63) is 57.8 Å². The number of anilines is 1. The number of rotatable bonds is 4. The first-order chi connectivity index (χ1) is 17.0. The van der Waals surface area contributed by atoms with Gasteiger partial charge >= 0.3 is 6.09 Å². The summed E-state index contributed by atoms with van der Waals surface area (Å²) in [6.45, 7) is 2.02. The second-order valence-corrected chi connectivity index (χ2v) is 10.8. The maximum absolute atomic E-state index is 11.6. The lowest BCUT2D eigenvalue weighted by Gasteiger charge is -2.38. The smallest absolute Gasteiger partial charge is 0.407 e. The number of carbonyl (C=O) groups is 1. The molecule has 8 nitrogen and oxygen atoms in total. The van der Waals surface area contributed by atoms with Crippen molar-refractivity contribution in [3.8, 4) is 11.1 Å². The number of aryl methyl sites for hydroxylation is 2. The molecule has 1 fully saturated rings. The average molecular weight is 509 g/mol. The molecule has 2 aliphatic rings. The third-order valence-electron chi connectivity index (χ3n) is 6.92. The van der Waals surface area contributed by atoms with Crippen molar-refractivity contribution in [1.29, 1.82) is 0 Å². The molecular weight excluding hydrogens is 484 g/mol. The van der Waals surface area contributed by atoms with Crippen LogP contribution in [0.2, 0.25) is 5.02 Å². The van der Waals surface area contributed by atoms with Crippen LogP contribution in [0.3, 0.4) is 0 Å². The monoisotopic (exact) mass is 508 g/mol. The molecule has 180 valence electrons. The van der Waals surface area contributed by atoms with Gasteiger partial charge in [-0.1, -0.05) is 16.8 Å². The number of pyridine rings is 1. The summed E-state index contributed by atoms with van der Waals surface area (Å²) in [5.74, 6) is 0. The van der Waals surface area contributed by atoms with Gasteiger partial charge in [0.25, 0.3) is 0 Å². The highest BCUT2D eigenvalue weighted by Gasteiger charge is 2.34. The predicted molar refractivity (Wildman–Crippen MR) is 138 cm³/mol. The highest BCUT2D eigenvalue weighted by molar-refractivity contribution is 7.19. The molecule has 0 aliphatic carbocycles. The first-order valence-electron chi connectivity index (χ1n) is 11.8. The number of hydrogen-bond donors (Lipinski definition) is 1. The van der Waals surface area contributed by atoms with Gasteiger partial charge in [-0.15, -0.1) is 16.4 Å². The third kappa shape index (κ3) is 4.12. The molecule has 1 amide bonds. The second kappa shape index (κ2) is 8.80. The number of carboxylic acid groups (broad SMARTS) is 1. The first kappa shape index (κ1) is 22.3. The predicted octanol–water partition coefficient (Wildman–Crippen LogP) is 4.84. The van der Waals surface area contributed by atoms with Crippen molar-refractivity contribution >= 4 is 44.9 Å². The van der Waals surface area contributed by atoms with Gasteiger partial charge in [-0.3, -0.25) is 9.67 Å². The first-order valence-corrected chi connectivity index (χ1v) is 13.0. The van der Waals surface area contributed by atoms with Gasteiger partial charge in [0.15, 0.2) is 0 Å². The number of amides is 1. The number of aromatic nitrogens is 4. The van der Waals surface area contributed by atoms with Crippen LogP contribution in [0.4, 0.5) is 10.5 Å². The summed E-state index contributed by atoms with van der Waals surface area (Å²) in [6, 6.07) is 8.50. The zero-order valence-corrected chi connectivity index (χ0v) is 20.9. The Bertz CT molecular complexity index is 1430. The van der Waals surface area contributed by atoms with Crippen molar-refractivity contribution in [2.24, 2.45) is 7.05 Å². The molecule has 0 radical (unpaired) electrons. The number of likely N-dealkylation sites (tertiary alicyclic amines) is 1. The quantitative estimate of drug-likeness (QED) is 0.424. The highest BCUT2D eigenvalue weighted by atomic mass is 35.5. The van der Waals surface area contributed by atoms with E-state index in [1.807, 2.05) is 19.4 Å². The Morgan fingerprint density at radius 3 is 2.91 bits per heavy atom. The Labute approximate surface area is 211 Å². The molecule has 1 N–H and O–H groups in total. The van der Waals surface area contributed by atoms with E-state index in [2.05, 4.69) is 44.5 Å². The Hall–Kier alpha value is -3.17. The summed E-state index contributed by atoms with van der Waals surface area (Å²) in [6.07, 6.45) is 6.49. The molecule has 1 atom stereocenters. The highest BCUT2D eigenvalue weighted by Crippen LogP contribution is 2.45. The van der Waals surface area contributed by atoms with E-state index in [0.29, 0.717) is 19.5 Å². The van der Waals surface area contributed by atoms with Crippen LogP contribution in [0.25, 0.3) is 21.3 Å². The molecule has 0 bridgehead atoms. The lowest BCUT2D eigenvalue weighted by molar-refractivity contribution is 0.155. The Morgan fingerprint density at radius 1 is 1.26 bits per heavy atom. The van der Waals surface area contributed by atoms with Crippen LogP contribution < -0.4 is 4.90 Å². The van der Waals surface area contributed by atoms with E-state index in [0.717, 1.165) is 57.9 Å². The van der Waals surface area contributed by atoms with Gasteiger partial charge in [0.2, 0.25) is 0 Å². The molecule has 1 unspecified atom stereocenters. The van der Waals surface area contributed by atoms with Crippen molar-refractivity contribution in [3.63, 3.8) is 0 Å². The van der Waals surface area contributed by atoms with Crippen LogP contribution in [-0.4, -0.2) is 61.8 Å².